The van der Waals surface area contributed by atoms with Crippen LogP contribution in [0.2, 0.25) is 8.87 Å². The summed E-state index contributed by atoms with van der Waals surface area (Å²) >= 11 is 3.00. The minimum absolute atomic E-state index is 0.0736. The third kappa shape index (κ3) is 58.5. The molecule has 43 heavy (non-hydrogen) atoms. The Kier molecular flexibility index (Phi) is 52.1. The average molecular weight is 752 g/mol. The molecule has 0 fully saturated rings. The maximum absolute atomic E-state index is 10.0. The third-order valence-corrected chi connectivity index (χ3v) is 13.2. The Hall–Kier alpha value is 0.439. The quantitative estimate of drug-likeness (QED) is 0.0503. The van der Waals surface area contributed by atoms with E-state index < -0.39 is 11.9 Å². The van der Waals surface area contributed by atoms with Crippen LogP contribution in [0.15, 0.2) is 0 Å². The van der Waals surface area contributed by atoms with Crippen molar-refractivity contribution in [1.29, 1.82) is 0 Å². The first-order valence-corrected chi connectivity index (χ1v) is 24.6. The van der Waals surface area contributed by atoms with Gasteiger partial charge in [-0.3, -0.25) is 0 Å². The summed E-state index contributed by atoms with van der Waals surface area (Å²) in [5, 5.41) is 20.1. The van der Waals surface area contributed by atoms with Gasteiger partial charge < -0.3 is 19.8 Å². The van der Waals surface area contributed by atoms with Crippen molar-refractivity contribution in [1.82, 2.24) is 0 Å². The van der Waals surface area contributed by atoms with Gasteiger partial charge >= 0.3 is 121 Å². The molecule has 4 nitrogen and oxygen atoms in total. The van der Waals surface area contributed by atoms with Crippen LogP contribution in [0, 0.1) is 0 Å². The summed E-state index contributed by atoms with van der Waals surface area (Å²) in [6.45, 7) is 9.01. The number of carbonyl (C=O) groups is 2. The van der Waals surface area contributed by atoms with Gasteiger partial charge in [-0.15, -0.1) is 0 Å². The molecule has 0 bridgehead atoms. The second kappa shape index (κ2) is 46.9. The van der Waals surface area contributed by atoms with E-state index in [1.165, 1.54) is 152 Å². The van der Waals surface area contributed by atoms with E-state index in [1.54, 1.807) is 21.7 Å². The molecule has 256 valence electrons. The molecule has 0 spiro atoms. The van der Waals surface area contributed by atoms with E-state index in [9.17, 15) is 19.8 Å². The first-order chi connectivity index (χ1) is 21.0. The van der Waals surface area contributed by atoms with Crippen molar-refractivity contribution in [3.05, 3.63) is 0 Å². The molecule has 0 saturated heterocycles. The fourth-order valence-corrected chi connectivity index (χ4v) is 9.47. The van der Waals surface area contributed by atoms with Crippen LogP contribution in [0.4, 0.5) is 0 Å². The molecule has 0 rings (SSSR count). The summed E-state index contributed by atoms with van der Waals surface area (Å²) in [5.74, 6) is 0.316. The molecule has 0 aromatic heterocycles. The van der Waals surface area contributed by atoms with Crippen molar-refractivity contribution < 1.29 is 19.8 Å². The number of hydrogen-bond donors (Lipinski definition) is 0. The van der Waals surface area contributed by atoms with Gasteiger partial charge in [0.05, 0.1) is 11.9 Å². The van der Waals surface area contributed by atoms with E-state index in [0.717, 1.165) is 24.3 Å². The number of carbonyl (C=O) groups excluding carboxylic acids is 2. The van der Waals surface area contributed by atoms with E-state index in [1.807, 2.05) is 0 Å². The fourth-order valence-electron chi connectivity index (χ4n) is 4.47. The van der Waals surface area contributed by atoms with Crippen LogP contribution >= 0.6 is 23.5 Å². The molecule has 0 aromatic carbocycles. The van der Waals surface area contributed by atoms with Crippen LogP contribution in [0.25, 0.3) is 0 Å². The van der Waals surface area contributed by atoms with Crippen molar-refractivity contribution in [2.45, 2.75) is 191 Å². The molecule has 0 heterocycles. The second-order valence-corrected chi connectivity index (χ2v) is 18.2. The summed E-state index contributed by atoms with van der Waals surface area (Å²) in [6.07, 6.45) is 33.0. The summed E-state index contributed by atoms with van der Waals surface area (Å²) in [5.41, 5.74) is 0. The van der Waals surface area contributed by atoms with E-state index in [-0.39, 0.29) is 32.6 Å². The number of unbranched alkanes of at least 4 members (excludes halogenated alkanes) is 20. The molecule has 0 aliphatic heterocycles. The van der Waals surface area contributed by atoms with Crippen LogP contribution < -0.4 is 10.2 Å². The molecule has 0 radical (unpaired) electrons. The van der Waals surface area contributed by atoms with Gasteiger partial charge in [0.15, 0.2) is 0 Å². The van der Waals surface area contributed by atoms with Gasteiger partial charge in [-0.25, -0.2) is 0 Å². The SMILES string of the molecule is CCCCCCCCSCC(=O)[O-].CCCCCCCCSCC(=O)[O-].CCCCCCC[CH2][Sn+2][CH2]CCCCCCC. The van der Waals surface area contributed by atoms with Crippen molar-refractivity contribution in [3.63, 3.8) is 0 Å². The van der Waals surface area contributed by atoms with Crippen molar-refractivity contribution in [3.8, 4) is 0 Å². The van der Waals surface area contributed by atoms with E-state index in [4.69, 9.17) is 0 Å². The van der Waals surface area contributed by atoms with Gasteiger partial charge in [0.25, 0.3) is 0 Å². The number of thioether (sulfide) groups is 2. The monoisotopic (exact) mass is 752 g/mol. The zero-order chi connectivity index (χ0) is 32.5. The minimum atomic E-state index is -0.948. The molecular weight excluding hydrogens is 679 g/mol. The van der Waals surface area contributed by atoms with Crippen molar-refractivity contribution >= 4 is 56.6 Å². The molecule has 0 aromatic rings. The summed E-state index contributed by atoms with van der Waals surface area (Å²) in [7, 11) is 0. The summed E-state index contributed by atoms with van der Waals surface area (Å²) in [6, 6.07) is 0. The number of hydrogen-bond acceptors (Lipinski definition) is 6. The van der Waals surface area contributed by atoms with Crippen LogP contribution in [0.5, 0.6) is 0 Å². The molecule has 0 aliphatic carbocycles. The Morgan fingerprint density at radius 1 is 0.419 bits per heavy atom. The van der Waals surface area contributed by atoms with E-state index in [2.05, 4.69) is 27.7 Å². The van der Waals surface area contributed by atoms with Gasteiger partial charge in [0, 0.05) is 11.5 Å². The van der Waals surface area contributed by atoms with Crippen LogP contribution in [0.3, 0.4) is 0 Å². The number of carboxylic acids is 2. The van der Waals surface area contributed by atoms with Crippen molar-refractivity contribution in [2.75, 3.05) is 23.0 Å². The van der Waals surface area contributed by atoms with E-state index >= 15 is 0 Å². The average Bonchev–Trinajstić information content (AvgIpc) is 2.98. The number of aliphatic carboxylic acids is 2. The van der Waals surface area contributed by atoms with Crippen molar-refractivity contribution in [2.24, 2.45) is 0 Å². The summed E-state index contributed by atoms with van der Waals surface area (Å²) < 4.78 is 3.31. The van der Waals surface area contributed by atoms with Gasteiger partial charge in [-0.2, -0.15) is 23.5 Å². The van der Waals surface area contributed by atoms with Crippen LogP contribution in [-0.2, 0) is 9.59 Å². The van der Waals surface area contributed by atoms with Gasteiger partial charge in [-0.1, -0.05) is 78.1 Å². The first-order valence-electron chi connectivity index (χ1n) is 18.2. The Labute approximate surface area is 288 Å². The molecular formula is C36H72O4S2Sn. The topological polar surface area (TPSA) is 80.3 Å². The Morgan fingerprint density at radius 3 is 0.953 bits per heavy atom. The predicted octanol–water partition coefficient (Wildman–Crippen LogP) is 9.91. The van der Waals surface area contributed by atoms with Gasteiger partial charge in [0.1, 0.15) is 0 Å². The molecule has 0 aliphatic rings. The molecule has 0 N–H and O–H groups in total. The molecule has 0 unspecified atom stereocenters. The maximum atomic E-state index is 10.0. The molecule has 0 atom stereocenters. The van der Waals surface area contributed by atoms with Gasteiger partial charge in [0.2, 0.25) is 0 Å². The van der Waals surface area contributed by atoms with Crippen LogP contribution in [-0.4, -0.2) is 56.1 Å². The molecule has 7 heteroatoms. The Morgan fingerprint density at radius 2 is 0.674 bits per heavy atom. The summed E-state index contributed by atoms with van der Waals surface area (Å²) in [4.78, 5) is 20.1. The second-order valence-electron chi connectivity index (χ2n) is 11.7. The first kappa shape index (κ1) is 47.8. The van der Waals surface area contributed by atoms with Crippen LogP contribution in [0.1, 0.15) is 182 Å². The number of rotatable bonds is 32. The predicted molar refractivity (Wildman–Crippen MR) is 194 cm³/mol. The molecule has 0 saturated carbocycles. The Bertz CT molecular complexity index is 479. The standard InChI is InChI=1S/2C10H20O2S.2C8H17.Sn/c2*1-2-3-4-5-6-7-8-13-9-10(11)12;2*1-3-5-7-8-6-4-2;/h2*2-9H2,1H3,(H,11,12);2*1,3-8H2,2H3;/q;;;;+2/p-2. The van der Waals surface area contributed by atoms with Gasteiger partial charge in [-0.05, 0) is 24.3 Å². The normalized spacial score (nSPS) is 10.3. The molecule has 0 amide bonds. The van der Waals surface area contributed by atoms with E-state index in [0.29, 0.717) is 0 Å². The zero-order valence-corrected chi connectivity index (χ0v) is 33.6. The fraction of sp³-hybridized carbons (Fsp3) is 0.944. The zero-order valence-electron chi connectivity index (χ0n) is 29.2. The number of carboxylic acid groups (broad SMARTS) is 2. The Balaban J connectivity index is -0.000000566. The third-order valence-electron chi connectivity index (χ3n) is 7.14.